The normalized spacial score (nSPS) is 38.5. The molecular weight excluding hydrogens is 166 g/mol. The third kappa shape index (κ3) is 2.22. The van der Waals surface area contributed by atoms with Gasteiger partial charge in [-0.2, -0.15) is 0 Å². The Morgan fingerprint density at radius 2 is 2.15 bits per heavy atom. The summed E-state index contributed by atoms with van der Waals surface area (Å²) in [4.78, 5) is 0. The number of morpholine rings is 1. The lowest BCUT2D eigenvalue weighted by Gasteiger charge is -2.47. The third-order valence-corrected chi connectivity index (χ3v) is 2.63. The van der Waals surface area contributed by atoms with Crippen LogP contribution in [0.1, 0.15) is 27.2 Å². The van der Waals surface area contributed by atoms with Crippen LogP contribution in [0.3, 0.4) is 0 Å². The summed E-state index contributed by atoms with van der Waals surface area (Å²) < 4.78 is 11.3. The Bertz CT molecular complexity index is 179. The first-order valence-corrected chi connectivity index (χ1v) is 5.06. The molecule has 3 fully saturated rings. The van der Waals surface area contributed by atoms with E-state index in [1.54, 1.807) is 0 Å². The molecule has 2 bridgehead atoms. The molecule has 3 aliphatic rings. The fourth-order valence-corrected chi connectivity index (χ4v) is 1.81. The highest BCUT2D eigenvalue weighted by molar-refractivity contribution is 4.97. The van der Waals surface area contributed by atoms with Crippen LogP contribution in [-0.4, -0.2) is 37.0 Å². The summed E-state index contributed by atoms with van der Waals surface area (Å²) in [6, 6.07) is 1.16. The van der Waals surface area contributed by atoms with E-state index >= 15 is 0 Å². The maximum absolute atomic E-state index is 5.70. The van der Waals surface area contributed by atoms with Gasteiger partial charge in [0.25, 0.3) is 0 Å². The summed E-state index contributed by atoms with van der Waals surface area (Å²) in [5.41, 5.74) is -0.0516. The van der Waals surface area contributed by atoms with Crippen molar-refractivity contribution in [3.8, 4) is 0 Å². The Morgan fingerprint density at radius 3 is 2.62 bits per heavy atom. The van der Waals surface area contributed by atoms with E-state index < -0.39 is 0 Å². The van der Waals surface area contributed by atoms with Gasteiger partial charge in [0.15, 0.2) is 0 Å². The van der Waals surface area contributed by atoms with Gasteiger partial charge in [-0.25, -0.2) is 0 Å². The van der Waals surface area contributed by atoms with Crippen LogP contribution in [0.25, 0.3) is 0 Å². The zero-order chi connectivity index (χ0) is 9.47. The van der Waals surface area contributed by atoms with Crippen molar-refractivity contribution in [3.05, 3.63) is 0 Å². The third-order valence-electron chi connectivity index (χ3n) is 2.63. The van der Waals surface area contributed by atoms with Crippen LogP contribution in [0.15, 0.2) is 0 Å². The van der Waals surface area contributed by atoms with Crippen molar-refractivity contribution in [1.82, 2.24) is 5.32 Å². The first-order chi connectivity index (χ1) is 6.04. The maximum Gasteiger partial charge on any atom is 0.0962 e. The fourth-order valence-electron chi connectivity index (χ4n) is 1.81. The molecule has 0 unspecified atom stereocenters. The van der Waals surface area contributed by atoms with Gasteiger partial charge in [-0.1, -0.05) is 0 Å². The zero-order valence-electron chi connectivity index (χ0n) is 8.67. The lowest BCUT2D eigenvalue weighted by Crippen LogP contribution is -2.66. The van der Waals surface area contributed by atoms with Gasteiger partial charge >= 0.3 is 0 Å². The van der Waals surface area contributed by atoms with Crippen LogP contribution in [0.5, 0.6) is 0 Å². The molecule has 3 saturated heterocycles. The van der Waals surface area contributed by atoms with Crippen molar-refractivity contribution in [2.75, 3.05) is 13.2 Å². The van der Waals surface area contributed by atoms with E-state index in [1.807, 2.05) is 0 Å². The molecule has 0 saturated carbocycles. The molecule has 3 aliphatic heterocycles. The van der Waals surface area contributed by atoms with Gasteiger partial charge in [-0.15, -0.1) is 0 Å². The second-order valence-electron chi connectivity index (χ2n) is 5.00. The van der Waals surface area contributed by atoms with Gasteiger partial charge in [0, 0.05) is 12.1 Å². The molecule has 3 heterocycles. The number of ether oxygens (including phenoxy) is 2. The molecule has 76 valence electrons. The number of hydrogen-bond acceptors (Lipinski definition) is 3. The predicted octanol–water partition coefficient (Wildman–Crippen LogP) is 0.931. The highest BCUT2D eigenvalue weighted by Crippen LogP contribution is 2.25. The largest absolute Gasteiger partial charge is 0.373 e. The quantitative estimate of drug-likeness (QED) is 0.694. The highest BCUT2D eigenvalue weighted by atomic mass is 16.5. The molecule has 1 N–H and O–H groups in total. The van der Waals surface area contributed by atoms with E-state index in [0.29, 0.717) is 18.7 Å². The Hall–Kier alpha value is -0.120. The molecule has 0 radical (unpaired) electrons. The van der Waals surface area contributed by atoms with Crippen molar-refractivity contribution in [2.45, 2.75) is 51.0 Å². The molecule has 3 rings (SSSR count). The molecule has 3 nitrogen and oxygen atoms in total. The summed E-state index contributed by atoms with van der Waals surface area (Å²) >= 11 is 0. The van der Waals surface area contributed by atoms with Crippen molar-refractivity contribution < 1.29 is 9.47 Å². The van der Waals surface area contributed by atoms with Crippen molar-refractivity contribution in [1.29, 1.82) is 0 Å². The first kappa shape index (κ1) is 9.44. The van der Waals surface area contributed by atoms with Crippen LogP contribution in [0.4, 0.5) is 0 Å². The van der Waals surface area contributed by atoms with Crippen LogP contribution >= 0.6 is 0 Å². The van der Waals surface area contributed by atoms with E-state index in [0.717, 1.165) is 6.61 Å². The monoisotopic (exact) mass is 185 g/mol. The Kier molecular flexibility index (Phi) is 2.34. The van der Waals surface area contributed by atoms with E-state index in [9.17, 15) is 0 Å². The van der Waals surface area contributed by atoms with Gasteiger partial charge in [0.05, 0.1) is 24.9 Å². The minimum atomic E-state index is -0.0516. The van der Waals surface area contributed by atoms with E-state index in [4.69, 9.17) is 9.47 Å². The molecule has 0 aliphatic carbocycles. The van der Waals surface area contributed by atoms with Gasteiger partial charge in [-0.3, -0.25) is 0 Å². The Labute approximate surface area is 79.8 Å². The molecule has 0 aromatic carbocycles. The average Bonchev–Trinajstić information content (AvgIpc) is 1.98. The second kappa shape index (κ2) is 3.23. The van der Waals surface area contributed by atoms with Crippen LogP contribution in [0, 0.1) is 0 Å². The number of hydrogen-bond donors (Lipinski definition) is 1. The summed E-state index contributed by atoms with van der Waals surface area (Å²) in [5.74, 6) is 0. The molecule has 0 aromatic heterocycles. The van der Waals surface area contributed by atoms with Gasteiger partial charge in [0.1, 0.15) is 0 Å². The van der Waals surface area contributed by atoms with E-state index in [-0.39, 0.29) is 11.7 Å². The number of rotatable bonds is 2. The summed E-state index contributed by atoms with van der Waals surface area (Å²) in [6.45, 7) is 7.80. The van der Waals surface area contributed by atoms with E-state index in [2.05, 4.69) is 26.1 Å². The van der Waals surface area contributed by atoms with E-state index in [1.165, 1.54) is 6.42 Å². The van der Waals surface area contributed by atoms with Crippen molar-refractivity contribution in [2.24, 2.45) is 0 Å². The summed E-state index contributed by atoms with van der Waals surface area (Å²) in [6.07, 6.45) is 1.53. The minimum Gasteiger partial charge on any atom is -0.373 e. The first-order valence-electron chi connectivity index (χ1n) is 5.06. The van der Waals surface area contributed by atoms with Crippen molar-refractivity contribution in [3.63, 3.8) is 0 Å². The molecule has 3 atom stereocenters. The number of nitrogens with one attached hydrogen (secondary N) is 1. The van der Waals surface area contributed by atoms with Crippen molar-refractivity contribution >= 4 is 0 Å². The molecular formula is C10H19NO2. The SMILES string of the molecule is CC(C)(C)OC[C@@H]1OC[C@H]2C[C@@H]1N2. The molecule has 0 amide bonds. The topological polar surface area (TPSA) is 30.5 Å². The molecule has 13 heavy (non-hydrogen) atoms. The van der Waals surface area contributed by atoms with Gasteiger partial charge in [-0.05, 0) is 27.2 Å². The van der Waals surface area contributed by atoms with Crippen LogP contribution in [0.2, 0.25) is 0 Å². The van der Waals surface area contributed by atoms with Gasteiger partial charge in [0.2, 0.25) is 0 Å². The lowest BCUT2D eigenvalue weighted by molar-refractivity contribution is -0.136. The highest BCUT2D eigenvalue weighted by Gasteiger charge is 2.40. The summed E-state index contributed by atoms with van der Waals surface area (Å²) in [7, 11) is 0. The van der Waals surface area contributed by atoms with Crippen LogP contribution < -0.4 is 5.32 Å². The molecule has 0 aromatic rings. The lowest BCUT2D eigenvalue weighted by atomic mass is 9.90. The molecule has 0 spiro atoms. The Balaban J connectivity index is 1.75. The smallest absolute Gasteiger partial charge is 0.0962 e. The average molecular weight is 185 g/mol. The maximum atomic E-state index is 5.70. The van der Waals surface area contributed by atoms with Crippen LogP contribution in [-0.2, 0) is 9.47 Å². The predicted molar refractivity (Wildman–Crippen MR) is 50.8 cm³/mol. The summed E-state index contributed by atoms with van der Waals surface area (Å²) in [5, 5.41) is 3.46. The standard InChI is InChI=1S/C10H19NO2/c1-10(2,3)13-6-9-8-4-7(11-8)5-12-9/h7-9,11H,4-6H2,1-3H3/t7-,8+,9+/m1/s1. The van der Waals surface area contributed by atoms with Gasteiger partial charge < -0.3 is 14.8 Å². The second-order valence-corrected chi connectivity index (χ2v) is 5.00. The zero-order valence-corrected chi connectivity index (χ0v) is 8.67. The minimum absolute atomic E-state index is 0.0516. The Morgan fingerprint density at radius 1 is 1.46 bits per heavy atom. The fraction of sp³-hybridized carbons (Fsp3) is 1.00. The molecule has 3 heteroatoms. The number of fused-ring (bicyclic) bond motifs is 2.